The van der Waals surface area contributed by atoms with Crippen molar-refractivity contribution in [2.24, 2.45) is 23.0 Å². The van der Waals surface area contributed by atoms with Crippen molar-refractivity contribution < 1.29 is 4.74 Å². The highest BCUT2D eigenvalue weighted by Gasteiger charge is 2.34. The minimum atomic E-state index is 0.364. The first kappa shape index (κ1) is 15.3. The number of rotatable bonds is 8. The summed E-state index contributed by atoms with van der Waals surface area (Å²) >= 11 is 0. The second-order valence-corrected chi connectivity index (χ2v) is 7.16. The van der Waals surface area contributed by atoms with Crippen LogP contribution in [-0.4, -0.2) is 44.8 Å². The molecule has 2 fully saturated rings. The molecule has 3 heteroatoms. The van der Waals surface area contributed by atoms with Crippen LogP contribution in [0.2, 0.25) is 0 Å². The Morgan fingerprint density at radius 3 is 2.74 bits per heavy atom. The molecule has 0 aromatic carbocycles. The van der Waals surface area contributed by atoms with Gasteiger partial charge in [0.25, 0.3) is 0 Å². The Morgan fingerprint density at radius 2 is 2.11 bits per heavy atom. The lowest BCUT2D eigenvalue weighted by molar-refractivity contribution is 0.0667. The average Bonchev–Trinajstić information content (AvgIpc) is 3.19. The zero-order chi connectivity index (χ0) is 13.7. The van der Waals surface area contributed by atoms with Gasteiger partial charge in [0.15, 0.2) is 0 Å². The van der Waals surface area contributed by atoms with Gasteiger partial charge in [0, 0.05) is 19.7 Å². The van der Waals surface area contributed by atoms with Gasteiger partial charge in [-0.3, -0.25) is 0 Å². The van der Waals surface area contributed by atoms with Crippen LogP contribution in [0.3, 0.4) is 0 Å². The highest BCUT2D eigenvalue weighted by atomic mass is 16.5. The van der Waals surface area contributed by atoms with Crippen molar-refractivity contribution in [2.45, 2.75) is 45.4 Å². The molecule has 0 aromatic heterocycles. The van der Waals surface area contributed by atoms with Crippen LogP contribution in [0.4, 0.5) is 0 Å². The smallest absolute Gasteiger partial charge is 0.0593 e. The third kappa shape index (κ3) is 5.05. The van der Waals surface area contributed by atoms with Crippen molar-refractivity contribution >= 4 is 0 Å². The standard InChI is InChI=1S/C16H32N2O/c1-14-4-3-7-16(10-14,12-17)13-18(2)8-9-19-11-15-5-6-15/h14-15H,3-13,17H2,1-2H3. The highest BCUT2D eigenvalue weighted by molar-refractivity contribution is 4.88. The van der Waals surface area contributed by atoms with E-state index in [-0.39, 0.29) is 0 Å². The predicted octanol–water partition coefficient (Wildman–Crippen LogP) is 2.50. The monoisotopic (exact) mass is 268 g/mol. The van der Waals surface area contributed by atoms with E-state index < -0.39 is 0 Å². The van der Waals surface area contributed by atoms with E-state index in [1.54, 1.807) is 0 Å². The lowest BCUT2D eigenvalue weighted by Gasteiger charge is -2.41. The molecule has 2 unspecified atom stereocenters. The minimum Gasteiger partial charge on any atom is -0.380 e. The molecule has 2 aliphatic rings. The summed E-state index contributed by atoms with van der Waals surface area (Å²) in [7, 11) is 2.22. The number of hydrogen-bond donors (Lipinski definition) is 1. The molecular formula is C16H32N2O. The van der Waals surface area contributed by atoms with Gasteiger partial charge < -0.3 is 15.4 Å². The number of likely N-dealkylation sites (N-methyl/N-ethyl adjacent to an activating group) is 1. The predicted molar refractivity (Wildman–Crippen MR) is 80.2 cm³/mol. The van der Waals surface area contributed by atoms with Gasteiger partial charge in [-0.25, -0.2) is 0 Å². The number of ether oxygens (including phenoxy) is 1. The van der Waals surface area contributed by atoms with Crippen LogP contribution >= 0.6 is 0 Å². The van der Waals surface area contributed by atoms with Gasteiger partial charge in [0.05, 0.1) is 6.61 Å². The van der Waals surface area contributed by atoms with Crippen molar-refractivity contribution in [1.29, 1.82) is 0 Å². The molecule has 0 heterocycles. The SMILES string of the molecule is CC1CCCC(CN)(CN(C)CCOCC2CC2)C1. The zero-order valence-corrected chi connectivity index (χ0v) is 12.9. The molecular weight excluding hydrogens is 236 g/mol. The molecule has 3 nitrogen and oxygen atoms in total. The van der Waals surface area contributed by atoms with Crippen molar-refractivity contribution in [1.82, 2.24) is 4.90 Å². The summed E-state index contributed by atoms with van der Waals surface area (Å²) in [5, 5.41) is 0. The Balaban J connectivity index is 1.67. The number of nitrogens with two attached hydrogens (primary N) is 1. The molecule has 0 radical (unpaired) electrons. The average molecular weight is 268 g/mol. The molecule has 0 saturated heterocycles. The summed E-state index contributed by atoms with van der Waals surface area (Å²) in [6.07, 6.45) is 8.10. The maximum Gasteiger partial charge on any atom is 0.0593 e. The molecule has 2 saturated carbocycles. The molecule has 0 spiro atoms. The Labute approximate surface area is 118 Å². The molecule has 2 aliphatic carbocycles. The van der Waals surface area contributed by atoms with Crippen LogP contribution in [0.5, 0.6) is 0 Å². The van der Waals surface area contributed by atoms with E-state index in [4.69, 9.17) is 10.5 Å². The van der Waals surface area contributed by atoms with Gasteiger partial charge in [0.2, 0.25) is 0 Å². The van der Waals surface area contributed by atoms with Crippen molar-refractivity contribution in [2.75, 3.05) is 39.9 Å². The van der Waals surface area contributed by atoms with E-state index in [1.165, 1.54) is 38.5 Å². The number of nitrogens with zero attached hydrogens (tertiary/aromatic N) is 1. The van der Waals surface area contributed by atoms with E-state index in [2.05, 4.69) is 18.9 Å². The summed E-state index contributed by atoms with van der Waals surface area (Å²) < 4.78 is 5.73. The Kier molecular flexibility index (Phi) is 5.67. The van der Waals surface area contributed by atoms with Crippen LogP contribution < -0.4 is 5.73 Å². The number of hydrogen-bond acceptors (Lipinski definition) is 3. The Bertz CT molecular complexity index is 267. The first-order valence-corrected chi connectivity index (χ1v) is 8.10. The molecule has 112 valence electrons. The fourth-order valence-corrected chi connectivity index (χ4v) is 3.57. The van der Waals surface area contributed by atoms with E-state index in [0.717, 1.165) is 44.7 Å². The molecule has 0 aliphatic heterocycles. The van der Waals surface area contributed by atoms with Gasteiger partial charge in [-0.05, 0) is 56.5 Å². The van der Waals surface area contributed by atoms with E-state index >= 15 is 0 Å². The van der Waals surface area contributed by atoms with Gasteiger partial charge in [-0.2, -0.15) is 0 Å². The summed E-state index contributed by atoms with van der Waals surface area (Å²) in [5.74, 6) is 1.72. The largest absolute Gasteiger partial charge is 0.380 e. The molecule has 0 bridgehead atoms. The van der Waals surface area contributed by atoms with E-state index in [9.17, 15) is 0 Å². The van der Waals surface area contributed by atoms with Crippen LogP contribution in [0, 0.1) is 17.3 Å². The van der Waals surface area contributed by atoms with Gasteiger partial charge in [-0.1, -0.05) is 19.8 Å². The lowest BCUT2D eigenvalue weighted by atomic mass is 9.70. The normalized spacial score (nSPS) is 31.9. The van der Waals surface area contributed by atoms with E-state index in [0.29, 0.717) is 5.41 Å². The van der Waals surface area contributed by atoms with Gasteiger partial charge >= 0.3 is 0 Å². The first-order chi connectivity index (χ1) is 9.13. The molecule has 0 amide bonds. The summed E-state index contributed by atoms with van der Waals surface area (Å²) in [6.45, 7) is 7.26. The van der Waals surface area contributed by atoms with Crippen molar-refractivity contribution in [3.63, 3.8) is 0 Å². The van der Waals surface area contributed by atoms with Crippen molar-refractivity contribution in [3.8, 4) is 0 Å². The molecule has 19 heavy (non-hydrogen) atoms. The quantitative estimate of drug-likeness (QED) is 0.687. The molecule has 2 atom stereocenters. The molecule has 0 aromatic rings. The Hall–Kier alpha value is -0.120. The van der Waals surface area contributed by atoms with Crippen LogP contribution in [0.15, 0.2) is 0 Å². The second kappa shape index (κ2) is 7.05. The fraction of sp³-hybridized carbons (Fsp3) is 1.00. The first-order valence-electron chi connectivity index (χ1n) is 8.10. The van der Waals surface area contributed by atoms with Crippen molar-refractivity contribution in [3.05, 3.63) is 0 Å². The maximum absolute atomic E-state index is 6.09. The highest BCUT2D eigenvalue weighted by Crippen LogP contribution is 2.39. The van der Waals surface area contributed by atoms with Gasteiger partial charge in [0.1, 0.15) is 0 Å². The maximum atomic E-state index is 6.09. The zero-order valence-electron chi connectivity index (χ0n) is 12.9. The van der Waals surface area contributed by atoms with E-state index in [1.807, 2.05) is 0 Å². The third-order valence-corrected chi connectivity index (χ3v) is 4.89. The molecule has 2 N–H and O–H groups in total. The summed E-state index contributed by atoms with van der Waals surface area (Å²) in [4.78, 5) is 2.43. The van der Waals surface area contributed by atoms with Crippen LogP contribution in [0.1, 0.15) is 45.4 Å². The fourth-order valence-electron chi connectivity index (χ4n) is 3.57. The Morgan fingerprint density at radius 1 is 1.32 bits per heavy atom. The third-order valence-electron chi connectivity index (χ3n) is 4.89. The van der Waals surface area contributed by atoms with Gasteiger partial charge in [-0.15, -0.1) is 0 Å². The lowest BCUT2D eigenvalue weighted by Crippen LogP contribution is -2.44. The topological polar surface area (TPSA) is 38.5 Å². The van der Waals surface area contributed by atoms with Crippen LogP contribution in [-0.2, 0) is 4.74 Å². The summed E-state index contributed by atoms with van der Waals surface area (Å²) in [5.41, 5.74) is 6.46. The second-order valence-electron chi connectivity index (χ2n) is 7.16. The molecule has 2 rings (SSSR count). The summed E-state index contributed by atoms with van der Waals surface area (Å²) in [6, 6.07) is 0. The minimum absolute atomic E-state index is 0.364. The van der Waals surface area contributed by atoms with Crippen LogP contribution in [0.25, 0.3) is 0 Å².